The maximum Gasteiger partial charge on any atom is 0.339 e. The van der Waals surface area contributed by atoms with E-state index < -0.39 is 5.97 Å². The Morgan fingerprint density at radius 3 is 2.66 bits per heavy atom. The van der Waals surface area contributed by atoms with E-state index in [1.165, 1.54) is 49.3 Å². The number of nitrogens with one attached hydrogen (secondary N) is 2. The number of Topliss-reactive ketones (excluding diaryl/α,β-unsaturated/α-hetero) is 1. The molecule has 1 amide bonds. The van der Waals surface area contributed by atoms with Crippen LogP contribution in [0.1, 0.15) is 63.0 Å². The molecule has 0 saturated carbocycles. The summed E-state index contributed by atoms with van der Waals surface area (Å²) < 4.78 is 4.83. The number of nitrogens with zero attached hydrogens (tertiary/aromatic N) is 1. The van der Waals surface area contributed by atoms with E-state index in [2.05, 4.69) is 33.5 Å². The first-order valence-corrected chi connectivity index (χ1v) is 11.4. The lowest BCUT2D eigenvalue weighted by Gasteiger charge is -2.16. The minimum absolute atomic E-state index is 0.105. The molecule has 7 nitrogen and oxygen atoms in total. The van der Waals surface area contributed by atoms with Crippen LogP contribution >= 0.6 is 11.3 Å². The molecule has 0 unspecified atom stereocenters. The summed E-state index contributed by atoms with van der Waals surface area (Å²) in [6, 6.07) is 6.46. The molecular weight excluding hydrogens is 426 g/mol. The molecule has 1 aliphatic rings. The number of carbonyl (C=O) groups is 3. The lowest BCUT2D eigenvalue weighted by atomic mass is 9.90. The minimum Gasteiger partial charge on any atom is -0.465 e. The lowest BCUT2D eigenvalue weighted by molar-refractivity contribution is -0.115. The topological polar surface area (TPSA) is 101 Å². The number of methoxy groups -OCH3 is 1. The molecule has 3 aromatic rings. The zero-order chi connectivity index (χ0) is 22.8. The van der Waals surface area contributed by atoms with Crippen molar-refractivity contribution in [2.24, 2.45) is 0 Å². The zero-order valence-corrected chi connectivity index (χ0v) is 19.1. The van der Waals surface area contributed by atoms with E-state index in [4.69, 9.17) is 4.74 Å². The fraction of sp³-hybridized carbons (Fsp3) is 0.333. The van der Waals surface area contributed by atoms with E-state index in [-0.39, 0.29) is 23.7 Å². The molecule has 0 bridgehead atoms. The normalized spacial score (nSPS) is 12.8. The molecule has 2 N–H and O–H groups in total. The van der Waals surface area contributed by atoms with Gasteiger partial charge in [-0.3, -0.25) is 9.59 Å². The second kappa shape index (κ2) is 9.08. The van der Waals surface area contributed by atoms with E-state index in [0.29, 0.717) is 22.1 Å². The van der Waals surface area contributed by atoms with Gasteiger partial charge >= 0.3 is 5.97 Å². The number of rotatable bonds is 6. The van der Waals surface area contributed by atoms with Crippen LogP contribution in [-0.2, 0) is 28.8 Å². The largest absolute Gasteiger partial charge is 0.465 e. The van der Waals surface area contributed by atoms with E-state index in [0.717, 1.165) is 24.1 Å². The van der Waals surface area contributed by atoms with Crippen molar-refractivity contribution in [3.63, 3.8) is 0 Å². The van der Waals surface area contributed by atoms with Crippen molar-refractivity contribution in [1.29, 1.82) is 0 Å². The van der Waals surface area contributed by atoms with Crippen molar-refractivity contribution in [3.05, 3.63) is 57.2 Å². The number of ether oxygens (including phenoxy) is 1. The highest BCUT2D eigenvalue weighted by Gasteiger charge is 2.24. The number of ketones is 1. The smallest absolute Gasteiger partial charge is 0.339 e. The highest BCUT2D eigenvalue weighted by atomic mass is 32.1. The quantitative estimate of drug-likeness (QED) is 0.425. The average molecular weight is 452 g/mol. The number of fused-ring (bicyclic) bond motifs is 1. The summed E-state index contributed by atoms with van der Waals surface area (Å²) in [6.07, 6.45) is 4.58. The fourth-order valence-corrected chi connectivity index (χ4v) is 4.94. The lowest BCUT2D eigenvalue weighted by Crippen LogP contribution is -2.17. The molecule has 2 heterocycles. The van der Waals surface area contributed by atoms with Gasteiger partial charge in [-0.15, -0.1) is 11.3 Å². The van der Waals surface area contributed by atoms with Gasteiger partial charge in [-0.1, -0.05) is 12.1 Å². The van der Waals surface area contributed by atoms with Crippen LogP contribution in [0.4, 0.5) is 5.13 Å². The van der Waals surface area contributed by atoms with Gasteiger partial charge in [0.15, 0.2) is 10.9 Å². The van der Waals surface area contributed by atoms with Gasteiger partial charge in [-0.2, -0.15) is 0 Å². The molecule has 0 saturated heterocycles. The molecule has 1 aromatic carbocycles. The number of aromatic nitrogens is 2. The van der Waals surface area contributed by atoms with Gasteiger partial charge in [0, 0.05) is 23.6 Å². The first-order chi connectivity index (χ1) is 15.4. The Kier molecular flexibility index (Phi) is 6.23. The van der Waals surface area contributed by atoms with Crippen molar-refractivity contribution in [1.82, 2.24) is 9.97 Å². The third-order valence-corrected chi connectivity index (χ3v) is 6.56. The highest BCUT2D eigenvalue weighted by Crippen LogP contribution is 2.30. The van der Waals surface area contributed by atoms with Crippen LogP contribution < -0.4 is 5.32 Å². The maximum atomic E-state index is 12.7. The maximum absolute atomic E-state index is 12.7. The predicted octanol–water partition coefficient (Wildman–Crippen LogP) is 4.50. The molecule has 0 radical (unpaired) electrons. The van der Waals surface area contributed by atoms with E-state index in [1.807, 2.05) is 5.38 Å². The van der Waals surface area contributed by atoms with Gasteiger partial charge < -0.3 is 15.0 Å². The van der Waals surface area contributed by atoms with Crippen LogP contribution in [0.2, 0.25) is 0 Å². The molecule has 1 aliphatic carbocycles. The van der Waals surface area contributed by atoms with E-state index in [9.17, 15) is 14.4 Å². The number of thiazole rings is 1. The zero-order valence-electron chi connectivity index (χ0n) is 18.3. The summed E-state index contributed by atoms with van der Waals surface area (Å²) in [6.45, 7) is 3.06. The van der Waals surface area contributed by atoms with Crippen molar-refractivity contribution < 1.29 is 19.1 Å². The summed E-state index contributed by atoms with van der Waals surface area (Å²) in [7, 11) is 1.27. The van der Waals surface area contributed by atoms with Crippen LogP contribution in [0.15, 0.2) is 23.6 Å². The Balaban J connectivity index is 1.50. The number of esters is 1. The third-order valence-electron chi connectivity index (χ3n) is 5.80. The molecule has 0 aliphatic heterocycles. The highest BCUT2D eigenvalue weighted by molar-refractivity contribution is 7.14. The van der Waals surface area contributed by atoms with Crippen LogP contribution in [-0.4, -0.2) is 34.7 Å². The average Bonchev–Trinajstić information content (AvgIpc) is 3.37. The summed E-state index contributed by atoms with van der Waals surface area (Å²) in [4.78, 5) is 44.2. The summed E-state index contributed by atoms with van der Waals surface area (Å²) in [5.41, 5.74) is 6.02. The second-order valence-electron chi connectivity index (χ2n) is 7.98. The Hall–Kier alpha value is -3.26. The molecule has 4 rings (SSSR count). The Morgan fingerprint density at radius 1 is 1.19 bits per heavy atom. The van der Waals surface area contributed by atoms with Gasteiger partial charge in [0.1, 0.15) is 0 Å². The number of hydrogen-bond donors (Lipinski definition) is 2. The number of aryl methyl sites for hydroxylation is 2. The van der Waals surface area contributed by atoms with Crippen LogP contribution in [0.25, 0.3) is 11.3 Å². The van der Waals surface area contributed by atoms with Crippen LogP contribution in [0.3, 0.4) is 0 Å². The Morgan fingerprint density at radius 2 is 1.94 bits per heavy atom. The standard InChI is InChI=1S/C24H25N3O4S/c1-13-21(23(30)31-3)18(25-22(13)14(2)28)11-20(29)27-24-26-19(12-32-24)17-9-8-15-6-4-5-7-16(15)10-17/h8-10,12,25H,4-7,11H2,1-3H3,(H,26,27,29). The SMILES string of the molecule is COC(=O)c1c(CC(=O)Nc2nc(-c3ccc4c(c3)CCCC4)cs2)[nH]c(C(C)=O)c1C. The summed E-state index contributed by atoms with van der Waals surface area (Å²) >= 11 is 1.35. The van der Waals surface area contributed by atoms with E-state index >= 15 is 0 Å². The van der Waals surface area contributed by atoms with Crippen molar-refractivity contribution >= 4 is 34.1 Å². The minimum atomic E-state index is -0.585. The van der Waals surface area contributed by atoms with Crippen molar-refractivity contribution in [2.75, 3.05) is 12.4 Å². The molecule has 166 valence electrons. The van der Waals surface area contributed by atoms with Crippen LogP contribution in [0.5, 0.6) is 0 Å². The number of benzene rings is 1. The van der Waals surface area contributed by atoms with Gasteiger partial charge in [0.25, 0.3) is 0 Å². The molecule has 32 heavy (non-hydrogen) atoms. The van der Waals surface area contributed by atoms with Crippen LogP contribution in [0, 0.1) is 6.92 Å². The molecule has 8 heteroatoms. The first kappa shape index (κ1) is 22.0. The first-order valence-electron chi connectivity index (χ1n) is 10.6. The summed E-state index contributed by atoms with van der Waals surface area (Å²) in [5, 5.41) is 5.20. The monoisotopic (exact) mass is 451 g/mol. The number of anilines is 1. The van der Waals surface area contributed by atoms with Gasteiger partial charge in [-0.25, -0.2) is 9.78 Å². The van der Waals surface area contributed by atoms with Gasteiger partial charge in [-0.05, 0) is 55.4 Å². The summed E-state index contributed by atoms with van der Waals surface area (Å²) in [5.74, 6) is -1.13. The molecule has 0 fully saturated rings. The van der Waals surface area contributed by atoms with Crippen molar-refractivity contribution in [2.45, 2.75) is 46.0 Å². The fourth-order valence-electron chi connectivity index (χ4n) is 4.20. The number of aromatic amines is 1. The second-order valence-corrected chi connectivity index (χ2v) is 8.84. The Labute approximate surface area is 190 Å². The van der Waals surface area contributed by atoms with Gasteiger partial charge in [0.2, 0.25) is 5.91 Å². The number of H-pyrrole nitrogens is 1. The number of amides is 1. The predicted molar refractivity (Wildman–Crippen MR) is 123 cm³/mol. The van der Waals surface area contributed by atoms with Gasteiger partial charge in [0.05, 0.1) is 30.5 Å². The molecule has 2 aromatic heterocycles. The molecule has 0 atom stereocenters. The third kappa shape index (κ3) is 4.36. The Bertz CT molecular complexity index is 1210. The molecular formula is C24H25N3O4S. The number of carbonyl (C=O) groups excluding carboxylic acids is 3. The van der Waals surface area contributed by atoms with E-state index in [1.54, 1.807) is 6.92 Å². The van der Waals surface area contributed by atoms with Crippen molar-refractivity contribution in [3.8, 4) is 11.3 Å². The molecule has 0 spiro atoms. The number of hydrogen-bond acceptors (Lipinski definition) is 6.